The summed E-state index contributed by atoms with van der Waals surface area (Å²) in [5.74, 6) is 0.108. The van der Waals surface area contributed by atoms with Gasteiger partial charge in [-0.15, -0.1) is 24.8 Å². The normalized spacial score (nSPS) is 30.4. The van der Waals surface area contributed by atoms with Crippen molar-refractivity contribution in [1.29, 1.82) is 0 Å². The number of carbonyl (C=O) groups is 1. The lowest BCUT2D eigenvalue weighted by Crippen LogP contribution is -2.58. The molecule has 0 bridgehead atoms. The van der Waals surface area contributed by atoms with Gasteiger partial charge in [-0.05, 0) is 19.8 Å². The molecule has 8 heteroatoms. The second-order valence-corrected chi connectivity index (χ2v) is 6.04. The number of rotatable bonds is 4. The summed E-state index contributed by atoms with van der Waals surface area (Å²) < 4.78 is 0. The standard InChI is InChI=1S/C14H27N3O3.2ClH/c1-3-11-9-17(5-4-16(11)8-10(2)18)14(20)13-6-12(19)7-15-13;;/h10-13,15,18-19H,3-9H2,1-2H3;2*1H. The van der Waals surface area contributed by atoms with E-state index in [4.69, 9.17) is 0 Å². The first-order valence-corrected chi connectivity index (χ1v) is 7.63. The average molecular weight is 358 g/mol. The molecule has 2 saturated heterocycles. The quantitative estimate of drug-likeness (QED) is 0.652. The van der Waals surface area contributed by atoms with E-state index in [9.17, 15) is 15.0 Å². The summed E-state index contributed by atoms with van der Waals surface area (Å²) in [6.07, 6.45) is 0.751. The topological polar surface area (TPSA) is 76.0 Å². The van der Waals surface area contributed by atoms with Crippen molar-refractivity contribution >= 4 is 30.7 Å². The van der Waals surface area contributed by atoms with Gasteiger partial charge in [-0.3, -0.25) is 9.69 Å². The molecule has 0 aromatic heterocycles. The van der Waals surface area contributed by atoms with Crippen LogP contribution in [-0.4, -0.2) is 82.9 Å². The van der Waals surface area contributed by atoms with Gasteiger partial charge < -0.3 is 20.4 Å². The molecule has 4 atom stereocenters. The smallest absolute Gasteiger partial charge is 0.239 e. The van der Waals surface area contributed by atoms with Crippen LogP contribution in [0.25, 0.3) is 0 Å². The Kier molecular flexibility index (Phi) is 9.85. The second kappa shape index (κ2) is 9.90. The van der Waals surface area contributed by atoms with Crippen molar-refractivity contribution in [2.45, 2.75) is 51.0 Å². The molecular weight excluding hydrogens is 329 g/mol. The fourth-order valence-electron chi connectivity index (χ4n) is 3.19. The van der Waals surface area contributed by atoms with E-state index in [1.807, 2.05) is 4.90 Å². The number of β-amino-alcohol motifs (C(OH)–C–C–N with tert-alkyl or cyclic N) is 2. The SMILES string of the molecule is CCC1CN(C(=O)C2CC(O)CN2)CCN1CC(C)O.Cl.Cl. The summed E-state index contributed by atoms with van der Waals surface area (Å²) in [5, 5.41) is 22.1. The van der Waals surface area contributed by atoms with Crippen LogP contribution < -0.4 is 5.32 Å². The second-order valence-electron chi connectivity index (χ2n) is 6.04. The molecule has 4 unspecified atom stereocenters. The van der Waals surface area contributed by atoms with Gasteiger partial charge in [0.15, 0.2) is 0 Å². The third kappa shape index (κ3) is 5.51. The van der Waals surface area contributed by atoms with Crippen LogP contribution in [0.3, 0.4) is 0 Å². The molecule has 6 nitrogen and oxygen atoms in total. The van der Waals surface area contributed by atoms with Crippen molar-refractivity contribution in [2.75, 3.05) is 32.7 Å². The highest BCUT2D eigenvalue weighted by Gasteiger charge is 2.35. The van der Waals surface area contributed by atoms with Crippen molar-refractivity contribution in [1.82, 2.24) is 15.1 Å². The minimum atomic E-state index is -0.401. The van der Waals surface area contributed by atoms with E-state index in [0.29, 0.717) is 32.1 Å². The molecule has 0 spiro atoms. The lowest BCUT2D eigenvalue weighted by Gasteiger charge is -2.42. The molecule has 2 heterocycles. The first-order valence-electron chi connectivity index (χ1n) is 7.63. The Morgan fingerprint density at radius 1 is 1.36 bits per heavy atom. The summed E-state index contributed by atoms with van der Waals surface area (Å²) in [6, 6.07) is 0.0828. The maximum absolute atomic E-state index is 12.4. The largest absolute Gasteiger partial charge is 0.392 e. The first kappa shape index (κ1) is 21.9. The molecule has 0 aromatic carbocycles. The molecule has 2 rings (SSSR count). The van der Waals surface area contributed by atoms with Crippen molar-refractivity contribution in [3.05, 3.63) is 0 Å². The van der Waals surface area contributed by atoms with E-state index >= 15 is 0 Å². The van der Waals surface area contributed by atoms with Crippen LogP contribution in [0.5, 0.6) is 0 Å². The zero-order valence-corrected chi connectivity index (χ0v) is 14.9. The highest BCUT2D eigenvalue weighted by atomic mass is 35.5. The van der Waals surface area contributed by atoms with Crippen molar-refractivity contribution < 1.29 is 15.0 Å². The third-order valence-electron chi connectivity index (χ3n) is 4.29. The fourth-order valence-corrected chi connectivity index (χ4v) is 3.19. The van der Waals surface area contributed by atoms with Gasteiger partial charge in [0, 0.05) is 38.8 Å². The zero-order valence-electron chi connectivity index (χ0n) is 13.3. The van der Waals surface area contributed by atoms with Crippen LogP contribution in [0.2, 0.25) is 0 Å². The van der Waals surface area contributed by atoms with Gasteiger partial charge in [-0.2, -0.15) is 0 Å². The van der Waals surface area contributed by atoms with Crippen molar-refractivity contribution in [3.8, 4) is 0 Å². The molecule has 0 radical (unpaired) electrons. The van der Waals surface area contributed by atoms with Crippen LogP contribution in [0, 0.1) is 0 Å². The Bertz CT molecular complexity index is 347. The number of amides is 1. The predicted molar refractivity (Wildman–Crippen MR) is 90.8 cm³/mol. The fraction of sp³-hybridized carbons (Fsp3) is 0.929. The highest BCUT2D eigenvalue weighted by molar-refractivity contribution is 5.85. The molecule has 0 saturated carbocycles. The maximum atomic E-state index is 12.4. The number of nitrogens with zero attached hydrogens (tertiary/aromatic N) is 2. The monoisotopic (exact) mass is 357 g/mol. The summed E-state index contributed by atoms with van der Waals surface area (Å²) in [6.45, 7) is 7.33. The third-order valence-corrected chi connectivity index (χ3v) is 4.29. The van der Waals surface area contributed by atoms with Gasteiger partial charge >= 0.3 is 0 Å². The van der Waals surface area contributed by atoms with Crippen molar-refractivity contribution in [2.24, 2.45) is 0 Å². The first-order chi connectivity index (χ1) is 9.51. The molecule has 2 fully saturated rings. The summed E-state index contributed by atoms with van der Waals surface area (Å²) in [5.41, 5.74) is 0. The lowest BCUT2D eigenvalue weighted by atomic mass is 10.1. The Balaban J connectivity index is 0.00000220. The number of piperazine rings is 1. The number of hydrogen-bond donors (Lipinski definition) is 3. The predicted octanol–water partition coefficient (Wildman–Crippen LogP) is -0.144. The van der Waals surface area contributed by atoms with E-state index in [1.54, 1.807) is 6.92 Å². The molecular formula is C14H29Cl2N3O3. The number of aliphatic hydroxyl groups is 2. The number of aliphatic hydroxyl groups excluding tert-OH is 2. The summed E-state index contributed by atoms with van der Waals surface area (Å²) >= 11 is 0. The lowest BCUT2D eigenvalue weighted by molar-refractivity contribution is -0.136. The molecule has 0 aliphatic carbocycles. The molecule has 1 amide bonds. The molecule has 0 aromatic rings. The van der Waals surface area contributed by atoms with E-state index in [2.05, 4.69) is 17.1 Å². The Hall–Kier alpha value is -0.110. The van der Waals surface area contributed by atoms with Gasteiger partial charge in [0.05, 0.1) is 18.2 Å². The van der Waals surface area contributed by atoms with Gasteiger partial charge in [-0.25, -0.2) is 0 Å². The van der Waals surface area contributed by atoms with Crippen LogP contribution >= 0.6 is 24.8 Å². The Morgan fingerprint density at radius 3 is 2.55 bits per heavy atom. The molecule has 2 aliphatic heterocycles. The van der Waals surface area contributed by atoms with E-state index in [0.717, 1.165) is 19.5 Å². The Morgan fingerprint density at radius 2 is 2.05 bits per heavy atom. The number of carbonyl (C=O) groups excluding carboxylic acids is 1. The van der Waals surface area contributed by atoms with Crippen LogP contribution in [0.4, 0.5) is 0 Å². The number of nitrogens with one attached hydrogen (secondary N) is 1. The zero-order chi connectivity index (χ0) is 14.7. The van der Waals surface area contributed by atoms with Crippen LogP contribution in [0.1, 0.15) is 26.7 Å². The van der Waals surface area contributed by atoms with Gasteiger partial charge in [0.1, 0.15) is 0 Å². The minimum absolute atomic E-state index is 0. The van der Waals surface area contributed by atoms with Crippen LogP contribution in [0.15, 0.2) is 0 Å². The molecule has 132 valence electrons. The van der Waals surface area contributed by atoms with Crippen LogP contribution in [-0.2, 0) is 4.79 Å². The number of hydrogen-bond acceptors (Lipinski definition) is 5. The highest BCUT2D eigenvalue weighted by Crippen LogP contribution is 2.17. The van der Waals surface area contributed by atoms with E-state index < -0.39 is 6.10 Å². The van der Waals surface area contributed by atoms with E-state index in [-0.39, 0.29) is 42.9 Å². The van der Waals surface area contributed by atoms with Crippen molar-refractivity contribution in [3.63, 3.8) is 0 Å². The van der Waals surface area contributed by atoms with Gasteiger partial charge in [-0.1, -0.05) is 6.92 Å². The maximum Gasteiger partial charge on any atom is 0.239 e. The molecule has 22 heavy (non-hydrogen) atoms. The van der Waals surface area contributed by atoms with Gasteiger partial charge in [0.25, 0.3) is 0 Å². The summed E-state index contributed by atoms with van der Waals surface area (Å²) in [4.78, 5) is 16.6. The minimum Gasteiger partial charge on any atom is -0.392 e. The average Bonchev–Trinajstić information content (AvgIpc) is 2.84. The van der Waals surface area contributed by atoms with E-state index in [1.165, 1.54) is 0 Å². The Labute approximate surface area is 145 Å². The van der Waals surface area contributed by atoms with Gasteiger partial charge in [0.2, 0.25) is 5.91 Å². The molecule has 2 aliphatic rings. The summed E-state index contributed by atoms with van der Waals surface area (Å²) in [7, 11) is 0. The number of halogens is 2. The molecule has 3 N–H and O–H groups in total.